The van der Waals surface area contributed by atoms with E-state index >= 15 is 0 Å². The van der Waals surface area contributed by atoms with Gasteiger partial charge in [0.05, 0.1) is 0 Å². The molecule has 1 rings (SSSR count). The van der Waals surface area contributed by atoms with Gasteiger partial charge < -0.3 is 0 Å². The summed E-state index contributed by atoms with van der Waals surface area (Å²) >= 11 is 0. The van der Waals surface area contributed by atoms with Gasteiger partial charge >= 0.3 is 5.63 Å². The molecule has 0 aliphatic rings. The van der Waals surface area contributed by atoms with E-state index in [1.807, 2.05) is 0 Å². The Kier molecular flexibility index (Phi) is 6.61. The van der Waals surface area contributed by atoms with Gasteiger partial charge in [0.15, 0.2) is 6.54 Å². The zero-order valence-electron chi connectivity index (χ0n) is 10.2. The van der Waals surface area contributed by atoms with Crippen molar-refractivity contribution < 1.29 is 9.20 Å². The summed E-state index contributed by atoms with van der Waals surface area (Å²) < 4.78 is 6.28. The zero-order chi connectivity index (χ0) is 11.6. The van der Waals surface area contributed by atoms with Crippen molar-refractivity contribution in [2.75, 3.05) is 0 Å². The Labute approximate surface area is 96.6 Å². The number of hydrogen-bond acceptors (Lipinski definition) is 2. The molecule has 0 amide bonds. The lowest BCUT2D eigenvalue weighted by Gasteiger charge is -1.98. The van der Waals surface area contributed by atoms with E-state index in [-0.39, 0.29) is 5.63 Å². The van der Waals surface area contributed by atoms with Crippen LogP contribution in [0.1, 0.15) is 58.3 Å². The van der Waals surface area contributed by atoms with Crippen molar-refractivity contribution in [2.24, 2.45) is 0 Å². The lowest BCUT2D eigenvalue weighted by Crippen LogP contribution is -2.35. The Morgan fingerprint density at radius 1 is 1.12 bits per heavy atom. The monoisotopic (exact) mass is 227 g/mol. The maximum absolute atomic E-state index is 10.7. The van der Waals surface area contributed by atoms with E-state index < -0.39 is 0 Å². The van der Waals surface area contributed by atoms with E-state index in [1.165, 1.54) is 51.1 Å². The molecule has 1 aromatic heterocycles. The number of H-pyrrole nitrogens is 1. The number of aromatic nitrogens is 2. The molecule has 0 aliphatic heterocycles. The SMILES string of the molecule is CCCCCCCCCC[n+]1cc(=O)o[nH]1. The lowest BCUT2D eigenvalue weighted by atomic mass is 10.1. The van der Waals surface area contributed by atoms with Crippen LogP contribution in [0.3, 0.4) is 0 Å². The Balaban J connectivity index is 1.90. The van der Waals surface area contributed by atoms with Crippen LogP contribution in [-0.4, -0.2) is 5.27 Å². The average Bonchev–Trinajstić information content (AvgIpc) is 2.68. The minimum atomic E-state index is -0.306. The van der Waals surface area contributed by atoms with Crippen molar-refractivity contribution in [3.63, 3.8) is 0 Å². The highest BCUT2D eigenvalue weighted by Gasteiger charge is 2.04. The Morgan fingerprint density at radius 3 is 2.31 bits per heavy atom. The van der Waals surface area contributed by atoms with Crippen LogP contribution < -0.4 is 10.3 Å². The summed E-state index contributed by atoms with van der Waals surface area (Å²) in [5.74, 6) is 0. The van der Waals surface area contributed by atoms with Gasteiger partial charge in [-0.2, -0.15) is 0 Å². The molecule has 0 aliphatic carbocycles. The lowest BCUT2D eigenvalue weighted by molar-refractivity contribution is -0.762. The van der Waals surface area contributed by atoms with E-state index in [0.29, 0.717) is 0 Å². The third kappa shape index (κ3) is 5.73. The summed E-state index contributed by atoms with van der Waals surface area (Å²) in [6.07, 6.45) is 11.8. The van der Waals surface area contributed by atoms with Gasteiger partial charge in [0.25, 0.3) is 6.20 Å². The van der Waals surface area contributed by atoms with Crippen molar-refractivity contribution in [1.82, 2.24) is 5.27 Å². The highest BCUT2D eigenvalue weighted by atomic mass is 16.5. The molecule has 92 valence electrons. The van der Waals surface area contributed by atoms with E-state index in [2.05, 4.69) is 16.7 Å². The van der Waals surface area contributed by atoms with Gasteiger partial charge in [-0.15, -0.1) is 0 Å². The van der Waals surface area contributed by atoms with Gasteiger partial charge in [-0.05, 0) is 11.7 Å². The van der Waals surface area contributed by atoms with Crippen molar-refractivity contribution >= 4 is 0 Å². The summed E-state index contributed by atoms with van der Waals surface area (Å²) in [5, 5.41) is 2.55. The first-order chi connectivity index (χ1) is 7.83. The van der Waals surface area contributed by atoms with Crippen LogP contribution in [0.2, 0.25) is 0 Å². The third-order valence-corrected chi connectivity index (χ3v) is 2.78. The van der Waals surface area contributed by atoms with E-state index in [1.54, 1.807) is 4.68 Å². The first-order valence-electron chi connectivity index (χ1n) is 6.41. The molecule has 0 bridgehead atoms. The van der Waals surface area contributed by atoms with Crippen LogP contribution in [0, 0.1) is 0 Å². The highest BCUT2D eigenvalue weighted by Crippen LogP contribution is 2.07. The van der Waals surface area contributed by atoms with Gasteiger partial charge in [0.2, 0.25) is 0 Å². The number of hydrogen-bond donors (Lipinski definition) is 1. The summed E-state index contributed by atoms with van der Waals surface area (Å²) in [5.41, 5.74) is -0.306. The van der Waals surface area contributed by atoms with Crippen molar-refractivity contribution in [3.8, 4) is 0 Å². The van der Waals surface area contributed by atoms with Crippen molar-refractivity contribution in [2.45, 2.75) is 64.8 Å². The van der Waals surface area contributed by atoms with Crippen molar-refractivity contribution in [1.29, 1.82) is 0 Å². The Hall–Kier alpha value is -1.06. The topological polar surface area (TPSA) is 49.9 Å². The standard InChI is InChI=1S/C12H22N2O2/c1-2-3-4-5-6-7-8-9-10-14-11-12(15)16-13-14/h11H,2-10H2,1H3/p+1. The molecule has 0 fully saturated rings. The van der Waals surface area contributed by atoms with Gasteiger partial charge in [0, 0.05) is 6.42 Å². The number of nitrogens with zero attached hydrogens (tertiary/aromatic N) is 1. The Bertz CT molecular complexity index is 317. The van der Waals surface area contributed by atoms with Crippen LogP contribution in [0.15, 0.2) is 15.5 Å². The first kappa shape index (κ1) is 13.0. The molecule has 4 nitrogen and oxygen atoms in total. The third-order valence-electron chi connectivity index (χ3n) is 2.78. The Morgan fingerprint density at radius 2 is 1.75 bits per heavy atom. The largest absolute Gasteiger partial charge is 0.426 e. The molecule has 0 atom stereocenters. The molecule has 1 aromatic rings. The molecule has 0 radical (unpaired) electrons. The molecule has 1 heterocycles. The molecule has 1 N–H and O–H groups in total. The van der Waals surface area contributed by atoms with E-state index in [4.69, 9.17) is 0 Å². The summed E-state index contributed by atoms with van der Waals surface area (Å²) in [4.78, 5) is 10.7. The molecule has 0 saturated heterocycles. The summed E-state index contributed by atoms with van der Waals surface area (Å²) in [6, 6.07) is 0. The fourth-order valence-electron chi connectivity index (χ4n) is 1.81. The fraction of sp³-hybridized carbons (Fsp3) is 0.833. The molecule has 16 heavy (non-hydrogen) atoms. The number of aryl methyl sites for hydroxylation is 1. The maximum atomic E-state index is 10.7. The second-order valence-corrected chi connectivity index (χ2v) is 4.31. The van der Waals surface area contributed by atoms with Crippen molar-refractivity contribution in [3.05, 3.63) is 16.6 Å². The highest BCUT2D eigenvalue weighted by molar-refractivity contribution is 4.49. The number of rotatable bonds is 9. The normalized spacial score (nSPS) is 10.8. The maximum Gasteiger partial charge on any atom is 0.426 e. The summed E-state index contributed by atoms with van der Waals surface area (Å²) in [6.45, 7) is 3.09. The van der Waals surface area contributed by atoms with Gasteiger partial charge in [0.1, 0.15) is 0 Å². The molecule has 0 aromatic carbocycles. The minimum Gasteiger partial charge on any atom is -0.284 e. The van der Waals surface area contributed by atoms with E-state index in [9.17, 15) is 4.79 Å². The second kappa shape index (κ2) is 8.13. The minimum absolute atomic E-state index is 0.306. The van der Waals surface area contributed by atoms with Crippen LogP contribution in [0.4, 0.5) is 0 Å². The van der Waals surface area contributed by atoms with Crippen LogP contribution in [0.25, 0.3) is 0 Å². The predicted molar refractivity (Wildman–Crippen MR) is 62.1 cm³/mol. The van der Waals surface area contributed by atoms with E-state index in [0.717, 1.165) is 13.0 Å². The summed E-state index contributed by atoms with van der Waals surface area (Å²) in [7, 11) is 0. The van der Waals surface area contributed by atoms with Crippen LogP contribution >= 0.6 is 0 Å². The molecular weight excluding hydrogens is 204 g/mol. The number of nitrogens with one attached hydrogen (secondary N) is 1. The average molecular weight is 227 g/mol. The van der Waals surface area contributed by atoms with Crippen LogP contribution in [-0.2, 0) is 6.54 Å². The number of aromatic amines is 1. The second-order valence-electron chi connectivity index (χ2n) is 4.31. The zero-order valence-corrected chi connectivity index (χ0v) is 10.2. The molecule has 4 heteroatoms. The predicted octanol–water partition coefficient (Wildman–Crippen LogP) is 2.40. The number of unbranched alkanes of at least 4 members (excludes halogenated alkanes) is 7. The molecule has 0 unspecified atom stereocenters. The molecular formula is C12H23N2O2+. The van der Waals surface area contributed by atoms with Gasteiger partial charge in [-0.3, -0.25) is 4.52 Å². The fourth-order valence-corrected chi connectivity index (χ4v) is 1.81. The van der Waals surface area contributed by atoms with Gasteiger partial charge in [-0.1, -0.05) is 50.1 Å². The molecule has 0 saturated carbocycles. The first-order valence-corrected chi connectivity index (χ1v) is 6.41. The smallest absolute Gasteiger partial charge is 0.284 e. The molecule has 0 spiro atoms. The quantitative estimate of drug-likeness (QED) is 0.520. The van der Waals surface area contributed by atoms with Gasteiger partial charge in [-0.25, -0.2) is 4.79 Å². The van der Waals surface area contributed by atoms with Crippen LogP contribution in [0.5, 0.6) is 0 Å².